The van der Waals surface area contributed by atoms with Crippen molar-refractivity contribution in [2.45, 2.75) is 51.6 Å². The predicted octanol–water partition coefficient (Wildman–Crippen LogP) is 3.13. The van der Waals surface area contributed by atoms with Gasteiger partial charge in [-0.3, -0.25) is 0 Å². The zero-order valence-corrected chi connectivity index (χ0v) is 12.2. The van der Waals surface area contributed by atoms with Gasteiger partial charge in [0.15, 0.2) is 0 Å². The Hall–Kier alpha value is -0.380. The molecule has 98 valence electrons. The number of thiophene rings is 1. The van der Waals surface area contributed by atoms with E-state index in [2.05, 4.69) is 43.3 Å². The van der Waals surface area contributed by atoms with Crippen molar-refractivity contribution in [1.82, 2.24) is 4.90 Å². The molecule has 0 aliphatic rings. The van der Waals surface area contributed by atoms with Crippen LogP contribution in [0.5, 0.6) is 0 Å². The largest absolute Gasteiger partial charge is 0.328 e. The summed E-state index contributed by atoms with van der Waals surface area (Å²) in [5.74, 6) is 0. The monoisotopic (exact) mass is 254 g/mol. The first-order chi connectivity index (χ1) is 8.09. The van der Waals surface area contributed by atoms with Gasteiger partial charge in [0.1, 0.15) is 0 Å². The highest BCUT2D eigenvalue weighted by Gasteiger charge is 2.10. The van der Waals surface area contributed by atoms with Crippen molar-refractivity contribution in [2.24, 2.45) is 5.73 Å². The Morgan fingerprint density at radius 3 is 2.71 bits per heavy atom. The van der Waals surface area contributed by atoms with Gasteiger partial charge in [-0.15, -0.1) is 11.3 Å². The number of nitrogens with two attached hydrogens (primary N) is 1. The van der Waals surface area contributed by atoms with E-state index in [1.165, 1.54) is 30.7 Å². The maximum Gasteiger partial charge on any atom is 0.0112 e. The molecule has 0 fully saturated rings. The third-order valence-corrected chi connectivity index (χ3v) is 4.15. The predicted molar refractivity (Wildman–Crippen MR) is 77.6 cm³/mol. The normalized spacial score (nSPS) is 15.1. The third kappa shape index (κ3) is 6.20. The zero-order chi connectivity index (χ0) is 12.7. The Labute approximate surface area is 110 Å². The number of rotatable bonds is 8. The molecule has 2 atom stereocenters. The van der Waals surface area contributed by atoms with Crippen LogP contribution in [-0.4, -0.2) is 30.6 Å². The van der Waals surface area contributed by atoms with E-state index in [0.29, 0.717) is 12.1 Å². The van der Waals surface area contributed by atoms with Crippen LogP contribution in [0.1, 0.15) is 38.0 Å². The molecule has 1 heterocycles. The van der Waals surface area contributed by atoms with Crippen molar-refractivity contribution in [3.05, 3.63) is 22.4 Å². The number of likely N-dealkylation sites (N-methyl/N-ethyl adjacent to an activating group) is 1. The van der Waals surface area contributed by atoms with Crippen molar-refractivity contribution >= 4 is 11.3 Å². The van der Waals surface area contributed by atoms with Gasteiger partial charge in [0.25, 0.3) is 0 Å². The van der Waals surface area contributed by atoms with Crippen LogP contribution in [0, 0.1) is 0 Å². The summed E-state index contributed by atoms with van der Waals surface area (Å²) < 4.78 is 0. The van der Waals surface area contributed by atoms with E-state index in [1.54, 1.807) is 0 Å². The molecule has 0 saturated heterocycles. The second kappa shape index (κ2) is 7.85. The topological polar surface area (TPSA) is 29.3 Å². The van der Waals surface area contributed by atoms with E-state index < -0.39 is 0 Å². The Kier molecular flexibility index (Phi) is 6.78. The van der Waals surface area contributed by atoms with Crippen molar-refractivity contribution in [1.29, 1.82) is 0 Å². The van der Waals surface area contributed by atoms with Crippen LogP contribution >= 0.6 is 11.3 Å². The minimum absolute atomic E-state index is 0.351. The highest BCUT2D eigenvalue weighted by molar-refractivity contribution is 7.09. The first-order valence-electron chi connectivity index (χ1n) is 6.57. The van der Waals surface area contributed by atoms with Gasteiger partial charge in [-0.05, 0) is 58.1 Å². The van der Waals surface area contributed by atoms with Crippen LogP contribution < -0.4 is 5.73 Å². The molecule has 2 unspecified atom stereocenters. The number of hydrogen-bond donors (Lipinski definition) is 1. The standard InChI is InChI=1S/C14H26N2S/c1-12(15)7-4-5-9-16(3)13(2)11-14-8-6-10-17-14/h6,8,10,12-13H,4-5,7,9,11,15H2,1-3H3. The molecule has 1 aromatic rings. The van der Waals surface area contributed by atoms with E-state index in [1.807, 2.05) is 11.3 Å². The number of unbranched alkanes of at least 4 members (excludes halogenated alkanes) is 1. The number of nitrogens with zero attached hydrogens (tertiary/aromatic N) is 1. The molecule has 3 heteroatoms. The van der Waals surface area contributed by atoms with Crippen molar-refractivity contribution in [3.8, 4) is 0 Å². The van der Waals surface area contributed by atoms with E-state index in [0.717, 1.165) is 6.42 Å². The molecule has 0 aliphatic carbocycles. The first-order valence-corrected chi connectivity index (χ1v) is 7.45. The molecule has 0 aromatic carbocycles. The van der Waals surface area contributed by atoms with Crippen LogP contribution in [0.25, 0.3) is 0 Å². The quantitative estimate of drug-likeness (QED) is 0.722. The van der Waals surface area contributed by atoms with Crippen LogP contribution in [-0.2, 0) is 6.42 Å². The van der Waals surface area contributed by atoms with Crippen molar-refractivity contribution in [2.75, 3.05) is 13.6 Å². The van der Waals surface area contributed by atoms with Gasteiger partial charge >= 0.3 is 0 Å². The molecule has 0 bridgehead atoms. The lowest BCUT2D eigenvalue weighted by Crippen LogP contribution is -2.31. The molecular weight excluding hydrogens is 228 g/mol. The molecule has 0 radical (unpaired) electrons. The molecule has 0 amide bonds. The van der Waals surface area contributed by atoms with Crippen LogP contribution in [0.2, 0.25) is 0 Å². The Morgan fingerprint density at radius 2 is 2.12 bits per heavy atom. The van der Waals surface area contributed by atoms with Gasteiger partial charge in [0.05, 0.1) is 0 Å². The summed E-state index contributed by atoms with van der Waals surface area (Å²) >= 11 is 1.86. The van der Waals surface area contributed by atoms with E-state index in [4.69, 9.17) is 5.73 Å². The number of hydrogen-bond acceptors (Lipinski definition) is 3. The fraction of sp³-hybridized carbons (Fsp3) is 0.714. The molecular formula is C14H26N2S. The van der Waals surface area contributed by atoms with Crippen LogP contribution in [0.15, 0.2) is 17.5 Å². The van der Waals surface area contributed by atoms with Crippen molar-refractivity contribution < 1.29 is 0 Å². The average Bonchev–Trinajstić information content (AvgIpc) is 2.76. The van der Waals surface area contributed by atoms with Gasteiger partial charge in [0, 0.05) is 17.0 Å². The smallest absolute Gasteiger partial charge is 0.0112 e. The van der Waals surface area contributed by atoms with Crippen molar-refractivity contribution in [3.63, 3.8) is 0 Å². The summed E-state index contributed by atoms with van der Waals surface area (Å²) in [5, 5.41) is 2.16. The van der Waals surface area contributed by atoms with Gasteiger partial charge in [-0.25, -0.2) is 0 Å². The SMILES string of the molecule is CC(N)CCCCN(C)C(C)Cc1cccs1. The van der Waals surface area contributed by atoms with E-state index >= 15 is 0 Å². The highest BCUT2D eigenvalue weighted by Crippen LogP contribution is 2.14. The molecule has 0 spiro atoms. The summed E-state index contributed by atoms with van der Waals surface area (Å²) in [6, 6.07) is 5.34. The minimum atomic E-state index is 0.351. The molecule has 2 nitrogen and oxygen atoms in total. The highest BCUT2D eigenvalue weighted by atomic mass is 32.1. The van der Waals surface area contributed by atoms with E-state index in [9.17, 15) is 0 Å². The van der Waals surface area contributed by atoms with Gasteiger partial charge in [-0.2, -0.15) is 0 Å². The second-order valence-electron chi connectivity index (χ2n) is 5.09. The Morgan fingerprint density at radius 1 is 1.35 bits per heavy atom. The molecule has 0 saturated carbocycles. The summed E-state index contributed by atoms with van der Waals surface area (Å²) in [6.07, 6.45) is 4.81. The van der Waals surface area contributed by atoms with Crippen LogP contribution in [0.4, 0.5) is 0 Å². The molecule has 1 aromatic heterocycles. The average molecular weight is 254 g/mol. The summed E-state index contributed by atoms with van der Waals surface area (Å²) in [6.45, 7) is 5.58. The molecule has 17 heavy (non-hydrogen) atoms. The Bertz CT molecular complexity index is 282. The van der Waals surface area contributed by atoms with Gasteiger partial charge in [-0.1, -0.05) is 12.5 Å². The third-order valence-electron chi connectivity index (χ3n) is 3.25. The molecule has 2 N–H and O–H groups in total. The lowest BCUT2D eigenvalue weighted by Gasteiger charge is -2.24. The lowest BCUT2D eigenvalue weighted by atomic mass is 10.1. The summed E-state index contributed by atoms with van der Waals surface area (Å²) in [5.41, 5.74) is 5.75. The Balaban J connectivity index is 2.16. The fourth-order valence-corrected chi connectivity index (χ4v) is 2.75. The first kappa shape index (κ1) is 14.7. The van der Waals surface area contributed by atoms with Gasteiger partial charge < -0.3 is 10.6 Å². The molecule has 1 rings (SSSR count). The second-order valence-corrected chi connectivity index (χ2v) is 6.12. The van der Waals surface area contributed by atoms with Crippen LogP contribution in [0.3, 0.4) is 0 Å². The van der Waals surface area contributed by atoms with Gasteiger partial charge in [0.2, 0.25) is 0 Å². The summed E-state index contributed by atoms with van der Waals surface area (Å²) in [7, 11) is 2.23. The maximum atomic E-state index is 5.75. The van der Waals surface area contributed by atoms with E-state index in [-0.39, 0.29) is 0 Å². The lowest BCUT2D eigenvalue weighted by molar-refractivity contribution is 0.251. The maximum absolute atomic E-state index is 5.75. The zero-order valence-electron chi connectivity index (χ0n) is 11.4. The summed E-state index contributed by atoms with van der Waals surface area (Å²) in [4.78, 5) is 3.95. The molecule has 0 aliphatic heterocycles. The minimum Gasteiger partial charge on any atom is -0.328 e. The fourth-order valence-electron chi connectivity index (χ4n) is 1.92.